The standard InChI is InChI=1S/C6H6N2OS/c1-4-2-7-6-8(4)5(9)3-10-6/h2H,3H2,1H3. The molecule has 1 aliphatic heterocycles. The number of carbonyl (C=O) groups excluding carboxylic acids is 1. The number of hydrogen-bond acceptors (Lipinski definition) is 3. The van der Waals surface area contributed by atoms with Crippen molar-refractivity contribution >= 4 is 17.7 Å². The maximum atomic E-state index is 11.0. The number of aryl methyl sites for hydroxylation is 1. The van der Waals surface area contributed by atoms with E-state index in [0.29, 0.717) is 5.75 Å². The molecule has 2 rings (SSSR count). The Morgan fingerprint density at radius 3 is 3.30 bits per heavy atom. The van der Waals surface area contributed by atoms with Crippen molar-refractivity contribution in [1.82, 2.24) is 9.55 Å². The molecule has 0 spiro atoms. The summed E-state index contributed by atoms with van der Waals surface area (Å²) in [6, 6.07) is 0. The highest BCUT2D eigenvalue weighted by molar-refractivity contribution is 8.00. The SMILES string of the molecule is Cc1cnc2n1C(=O)CS2. The number of fused-ring (bicyclic) bond motifs is 1. The Morgan fingerprint density at radius 2 is 2.60 bits per heavy atom. The van der Waals surface area contributed by atoms with Crippen LogP contribution in [0.2, 0.25) is 0 Å². The van der Waals surface area contributed by atoms with Crippen LogP contribution in [0.1, 0.15) is 10.5 Å². The van der Waals surface area contributed by atoms with Crippen molar-refractivity contribution in [3.05, 3.63) is 11.9 Å². The number of carbonyl (C=O) groups is 1. The lowest BCUT2D eigenvalue weighted by atomic mass is 10.5. The molecule has 52 valence electrons. The molecule has 0 unspecified atom stereocenters. The lowest BCUT2D eigenvalue weighted by Gasteiger charge is -1.92. The van der Waals surface area contributed by atoms with E-state index in [4.69, 9.17) is 0 Å². The van der Waals surface area contributed by atoms with E-state index in [0.717, 1.165) is 10.9 Å². The van der Waals surface area contributed by atoms with Crippen LogP contribution in [0.3, 0.4) is 0 Å². The van der Waals surface area contributed by atoms with Gasteiger partial charge in [-0.05, 0) is 6.92 Å². The number of thioether (sulfide) groups is 1. The van der Waals surface area contributed by atoms with Crippen molar-refractivity contribution in [2.45, 2.75) is 12.1 Å². The summed E-state index contributed by atoms with van der Waals surface area (Å²) in [7, 11) is 0. The van der Waals surface area contributed by atoms with E-state index in [-0.39, 0.29) is 5.91 Å². The summed E-state index contributed by atoms with van der Waals surface area (Å²) >= 11 is 1.50. The molecular formula is C6H6N2OS. The molecule has 1 aromatic heterocycles. The van der Waals surface area contributed by atoms with Crippen molar-refractivity contribution < 1.29 is 4.79 Å². The molecule has 10 heavy (non-hydrogen) atoms. The average Bonchev–Trinajstić information content (AvgIpc) is 2.40. The average molecular weight is 154 g/mol. The zero-order chi connectivity index (χ0) is 7.14. The van der Waals surface area contributed by atoms with Gasteiger partial charge >= 0.3 is 0 Å². The second kappa shape index (κ2) is 1.85. The number of aromatic nitrogens is 2. The van der Waals surface area contributed by atoms with Crippen molar-refractivity contribution in [3.8, 4) is 0 Å². The van der Waals surface area contributed by atoms with Gasteiger partial charge in [-0.25, -0.2) is 4.98 Å². The fraction of sp³-hybridized carbons (Fsp3) is 0.333. The minimum atomic E-state index is 0.148. The van der Waals surface area contributed by atoms with Gasteiger partial charge in [-0.3, -0.25) is 9.36 Å². The van der Waals surface area contributed by atoms with E-state index >= 15 is 0 Å². The van der Waals surface area contributed by atoms with Gasteiger partial charge in [-0.1, -0.05) is 11.8 Å². The van der Waals surface area contributed by atoms with Crippen LogP contribution in [-0.2, 0) is 0 Å². The Balaban J connectivity index is 2.65. The molecule has 0 aliphatic carbocycles. The van der Waals surface area contributed by atoms with Crippen molar-refractivity contribution in [2.75, 3.05) is 5.75 Å². The summed E-state index contributed by atoms with van der Waals surface area (Å²) in [5, 5.41) is 0.836. The van der Waals surface area contributed by atoms with Crippen molar-refractivity contribution in [2.24, 2.45) is 0 Å². The first-order valence-corrected chi connectivity index (χ1v) is 3.98. The molecule has 0 bridgehead atoms. The van der Waals surface area contributed by atoms with Gasteiger partial charge in [0.2, 0.25) is 5.91 Å². The fourth-order valence-electron chi connectivity index (χ4n) is 1.01. The van der Waals surface area contributed by atoms with Crippen LogP contribution in [0.25, 0.3) is 0 Å². The summed E-state index contributed by atoms with van der Waals surface area (Å²) in [4.78, 5) is 15.1. The van der Waals surface area contributed by atoms with E-state index in [1.807, 2.05) is 6.92 Å². The molecule has 1 aliphatic rings. The van der Waals surface area contributed by atoms with Crippen LogP contribution in [0.4, 0.5) is 0 Å². The second-order valence-corrected chi connectivity index (χ2v) is 3.14. The van der Waals surface area contributed by atoms with Gasteiger partial charge in [0.25, 0.3) is 0 Å². The molecule has 0 fully saturated rings. The van der Waals surface area contributed by atoms with Gasteiger partial charge < -0.3 is 0 Å². The molecule has 0 atom stereocenters. The predicted octanol–water partition coefficient (Wildman–Crippen LogP) is 0.937. The van der Waals surface area contributed by atoms with E-state index in [2.05, 4.69) is 4.98 Å². The van der Waals surface area contributed by atoms with Crippen LogP contribution in [0, 0.1) is 6.92 Å². The maximum Gasteiger partial charge on any atom is 0.243 e. The maximum absolute atomic E-state index is 11.0. The van der Waals surface area contributed by atoms with Gasteiger partial charge in [0.05, 0.1) is 5.75 Å². The predicted molar refractivity (Wildman–Crippen MR) is 38.3 cm³/mol. The molecule has 2 heterocycles. The number of rotatable bonds is 0. The Morgan fingerprint density at radius 1 is 1.80 bits per heavy atom. The van der Waals surface area contributed by atoms with Crippen LogP contribution < -0.4 is 0 Å². The normalized spacial score (nSPS) is 15.9. The van der Waals surface area contributed by atoms with E-state index < -0.39 is 0 Å². The number of hydrogen-bond donors (Lipinski definition) is 0. The van der Waals surface area contributed by atoms with Crippen LogP contribution in [0.5, 0.6) is 0 Å². The van der Waals surface area contributed by atoms with Crippen molar-refractivity contribution in [1.29, 1.82) is 0 Å². The summed E-state index contributed by atoms with van der Waals surface area (Å²) < 4.78 is 1.66. The molecule has 0 aromatic carbocycles. The third kappa shape index (κ3) is 0.623. The van der Waals surface area contributed by atoms with Gasteiger partial charge in [0.1, 0.15) is 0 Å². The highest BCUT2D eigenvalue weighted by atomic mass is 32.2. The molecule has 0 amide bonds. The largest absolute Gasteiger partial charge is 0.273 e. The Hall–Kier alpha value is -0.770. The summed E-state index contributed by atoms with van der Waals surface area (Å²) in [5.74, 6) is 0.694. The topological polar surface area (TPSA) is 34.9 Å². The minimum Gasteiger partial charge on any atom is -0.273 e. The third-order valence-corrected chi connectivity index (χ3v) is 2.42. The molecule has 0 N–H and O–H groups in total. The molecule has 1 aromatic rings. The summed E-state index contributed by atoms with van der Waals surface area (Å²) in [6.07, 6.45) is 1.72. The Kier molecular flexibility index (Phi) is 1.11. The van der Waals surface area contributed by atoms with E-state index in [9.17, 15) is 4.79 Å². The first kappa shape index (κ1) is 5.97. The molecule has 3 nitrogen and oxygen atoms in total. The quantitative estimate of drug-likeness (QED) is 0.557. The van der Waals surface area contributed by atoms with E-state index in [1.54, 1.807) is 10.8 Å². The smallest absolute Gasteiger partial charge is 0.243 e. The monoisotopic (exact) mass is 154 g/mol. The van der Waals surface area contributed by atoms with Gasteiger partial charge in [0.15, 0.2) is 5.16 Å². The van der Waals surface area contributed by atoms with Gasteiger partial charge in [0, 0.05) is 11.9 Å². The lowest BCUT2D eigenvalue weighted by molar-refractivity contribution is 0.0937. The third-order valence-electron chi connectivity index (χ3n) is 1.48. The number of imidazole rings is 1. The van der Waals surface area contributed by atoms with Crippen molar-refractivity contribution in [3.63, 3.8) is 0 Å². The first-order valence-electron chi connectivity index (χ1n) is 2.99. The summed E-state index contributed by atoms with van der Waals surface area (Å²) in [5.41, 5.74) is 0.935. The van der Waals surface area contributed by atoms with E-state index in [1.165, 1.54) is 11.8 Å². The molecule has 0 radical (unpaired) electrons. The zero-order valence-electron chi connectivity index (χ0n) is 5.50. The fourth-order valence-corrected chi connectivity index (χ4v) is 1.89. The van der Waals surface area contributed by atoms with Gasteiger partial charge in [-0.2, -0.15) is 0 Å². The van der Waals surface area contributed by atoms with Crippen LogP contribution >= 0.6 is 11.8 Å². The minimum absolute atomic E-state index is 0.148. The lowest BCUT2D eigenvalue weighted by Crippen LogP contribution is -2.07. The molecule has 0 saturated carbocycles. The molecule has 0 saturated heterocycles. The highest BCUT2D eigenvalue weighted by Gasteiger charge is 2.21. The van der Waals surface area contributed by atoms with Crippen LogP contribution in [0.15, 0.2) is 11.4 Å². The summed E-state index contributed by atoms with van der Waals surface area (Å²) in [6.45, 7) is 1.89. The zero-order valence-corrected chi connectivity index (χ0v) is 6.31. The number of nitrogens with zero attached hydrogens (tertiary/aromatic N) is 2. The second-order valence-electron chi connectivity index (χ2n) is 2.20. The molecular weight excluding hydrogens is 148 g/mol. The Bertz CT molecular complexity index is 292. The van der Waals surface area contributed by atoms with Gasteiger partial charge in [-0.15, -0.1) is 0 Å². The Labute approximate surface area is 62.4 Å². The first-order chi connectivity index (χ1) is 4.79. The highest BCUT2D eigenvalue weighted by Crippen LogP contribution is 2.24. The molecule has 4 heteroatoms. The van der Waals surface area contributed by atoms with Crippen LogP contribution in [-0.4, -0.2) is 21.2 Å².